The van der Waals surface area contributed by atoms with Crippen LogP contribution in [0, 0.1) is 21.4 Å². The van der Waals surface area contributed by atoms with E-state index in [0.29, 0.717) is 0 Å². The molecule has 0 radical (unpaired) electrons. The second-order valence-electron chi connectivity index (χ2n) is 4.40. The molecule has 1 fully saturated rings. The van der Waals surface area contributed by atoms with Crippen LogP contribution in [0.3, 0.4) is 0 Å². The van der Waals surface area contributed by atoms with E-state index in [0.717, 1.165) is 32.0 Å². The van der Waals surface area contributed by atoms with Gasteiger partial charge in [0.15, 0.2) is 0 Å². The molecule has 104 valence electrons. The number of amides is 1. The molecular formula is C12H13N5O3. The van der Waals surface area contributed by atoms with Crippen LogP contribution in [-0.2, 0) is 4.79 Å². The van der Waals surface area contributed by atoms with Crippen molar-refractivity contribution in [3.05, 3.63) is 27.9 Å². The molecule has 20 heavy (non-hydrogen) atoms. The summed E-state index contributed by atoms with van der Waals surface area (Å²) < 4.78 is 0. The molecule has 0 saturated carbocycles. The Bertz CT molecular complexity index is 575. The van der Waals surface area contributed by atoms with E-state index in [-0.39, 0.29) is 29.5 Å². The zero-order valence-corrected chi connectivity index (χ0v) is 10.7. The minimum Gasteiger partial charge on any atom is -0.355 e. The number of nitrogens with zero attached hydrogens (tertiary/aromatic N) is 4. The quantitative estimate of drug-likeness (QED) is 0.645. The molecular weight excluding hydrogens is 262 g/mol. The van der Waals surface area contributed by atoms with Crippen LogP contribution in [0.15, 0.2) is 12.3 Å². The van der Waals surface area contributed by atoms with Gasteiger partial charge in [0.25, 0.3) is 0 Å². The molecule has 1 saturated heterocycles. The molecule has 2 rings (SSSR count). The van der Waals surface area contributed by atoms with E-state index in [4.69, 9.17) is 5.26 Å². The van der Waals surface area contributed by atoms with Gasteiger partial charge < -0.3 is 10.2 Å². The number of hydrogen-bond acceptors (Lipinski definition) is 6. The topological polar surface area (TPSA) is 112 Å². The molecule has 1 aliphatic rings. The third-order valence-electron chi connectivity index (χ3n) is 3.06. The van der Waals surface area contributed by atoms with E-state index in [1.54, 1.807) is 11.0 Å². The number of anilines is 1. The lowest BCUT2D eigenvalue weighted by molar-refractivity contribution is -0.384. The first-order valence-corrected chi connectivity index (χ1v) is 6.18. The largest absolute Gasteiger partial charge is 0.355 e. The normalized spacial score (nSPS) is 13.8. The Labute approximate surface area is 115 Å². The number of likely N-dealkylation sites (tertiary alicyclic amines) is 1. The minimum atomic E-state index is -0.628. The maximum absolute atomic E-state index is 11.8. The molecule has 8 nitrogen and oxygen atoms in total. The van der Waals surface area contributed by atoms with Gasteiger partial charge in [-0.05, 0) is 12.8 Å². The standard InChI is InChI=1S/C12H13N5O3/c13-6-9-5-10(17(19)20)12(14-7-9)15-8-11(18)16-3-1-2-4-16/h5,7H,1-4,8H2,(H,14,15). The summed E-state index contributed by atoms with van der Waals surface area (Å²) in [4.78, 5) is 27.7. The number of carbonyl (C=O) groups is 1. The Morgan fingerprint density at radius 2 is 2.25 bits per heavy atom. The Morgan fingerprint density at radius 3 is 2.85 bits per heavy atom. The highest BCUT2D eigenvalue weighted by molar-refractivity contribution is 5.81. The first-order chi connectivity index (χ1) is 9.61. The van der Waals surface area contributed by atoms with Gasteiger partial charge in [-0.15, -0.1) is 0 Å². The lowest BCUT2D eigenvalue weighted by atomic mass is 10.2. The van der Waals surface area contributed by atoms with Gasteiger partial charge in [-0.3, -0.25) is 14.9 Å². The molecule has 8 heteroatoms. The van der Waals surface area contributed by atoms with E-state index >= 15 is 0 Å². The predicted octanol–water partition coefficient (Wildman–Crippen LogP) is 0.896. The zero-order chi connectivity index (χ0) is 14.5. The number of pyridine rings is 1. The fraction of sp³-hybridized carbons (Fsp3) is 0.417. The van der Waals surface area contributed by atoms with Crippen LogP contribution in [0.2, 0.25) is 0 Å². The molecule has 0 aromatic carbocycles. The van der Waals surface area contributed by atoms with Crippen molar-refractivity contribution < 1.29 is 9.72 Å². The summed E-state index contributed by atoms with van der Waals surface area (Å²) in [5.41, 5.74) is -0.202. The molecule has 1 N–H and O–H groups in total. The van der Waals surface area contributed by atoms with Crippen molar-refractivity contribution >= 4 is 17.4 Å². The average molecular weight is 275 g/mol. The van der Waals surface area contributed by atoms with Crippen molar-refractivity contribution in [2.24, 2.45) is 0 Å². The molecule has 0 atom stereocenters. The van der Waals surface area contributed by atoms with Crippen LogP contribution < -0.4 is 5.32 Å². The number of aromatic nitrogens is 1. The van der Waals surface area contributed by atoms with Crippen LogP contribution >= 0.6 is 0 Å². The summed E-state index contributed by atoms with van der Waals surface area (Å²) in [6, 6.07) is 2.92. The molecule has 2 heterocycles. The molecule has 0 spiro atoms. The maximum Gasteiger partial charge on any atom is 0.312 e. The van der Waals surface area contributed by atoms with Gasteiger partial charge in [0.1, 0.15) is 6.07 Å². The Hall–Kier alpha value is -2.69. The third kappa shape index (κ3) is 3.00. The smallest absolute Gasteiger partial charge is 0.312 e. The van der Waals surface area contributed by atoms with Crippen molar-refractivity contribution in [1.29, 1.82) is 5.26 Å². The van der Waals surface area contributed by atoms with Crippen LogP contribution in [0.1, 0.15) is 18.4 Å². The Morgan fingerprint density at radius 1 is 1.55 bits per heavy atom. The fourth-order valence-electron chi connectivity index (χ4n) is 2.03. The summed E-state index contributed by atoms with van der Waals surface area (Å²) >= 11 is 0. The van der Waals surface area contributed by atoms with Crippen LogP contribution in [-0.4, -0.2) is 40.3 Å². The van der Waals surface area contributed by atoms with E-state index in [2.05, 4.69) is 10.3 Å². The number of nitriles is 1. The van der Waals surface area contributed by atoms with E-state index in [1.165, 1.54) is 6.20 Å². The van der Waals surface area contributed by atoms with Gasteiger partial charge in [0, 0.05) is 25.4 Å². The summed E-state index contributed by atoms with van der Waals surface area (Å²) in [6.07, 6.45) is 3.21. The minimum absolute atomic E-state index is 0.00143. The van der Waals surface area contributed by atoms with Gasteiger partial charge in [-0.1, -0.05) is 0 Å². The van der Waals surface area contributed by atoms with Crippen molar-refractivity contribution in [3.63, 3.8) is 0 Å². The van der Waals surface area contributed by atoms with Crippen LogP contribution in [0.5, 0.6) is 0 Å². The number of nitrogens with one attached hydrogen (secondary N) is 1. The predicted molar refractivity (Wildman–Crippen MR) is 69.9 cm³/mol. The number of hydrogen-bond donors (Lipinski definition) is 1. The van der Waals surface area contributed by atoms with Crippen LogP contribution in [0.25, 0.3) is 0 Å². The van der Waals surface area contributed by atoms with Crippen molar-refractivity contribution in [2.45, 2.75) is 12.8 Å². The monoisotopic (exact) mass is 275 g/mol. The highest BCUT2D eigenvalue weighted by Crippen LogP contribution is 2.22. The summed E-state index contributed by atoms with van der Waals surface area (Å²) in [6.45, 7) is 1.41. The summed E-state index contributed by atoms with van der Waals surface area (Å²) in [7, 11) is 0. The van der Waals surface area contributed by atoms with E-state index in [1.807, 2.05) is 0 Å². The van der Waals surface area contributed by atoms with Gasteiger partial charge in [0.2, 0.25) is 11.7 Å². The molecule has 0 bridgehead atoms. The van der Waals surface area contributed by atoms with Gasteiger partial charge in [-0.2, -0.15) is 5.26 Å². The fourth-order valence-corrected chi connectivity index (χ4v) is 2.03. The van der Waals surface area contributed by atoms with Crippen LogP contribution in [0.4, 0.5) is 11.5 Å². The highest BCUT2D eigenvalue weighted by atomic mass is 16.6. The maximum atomic E-state index is 11.8. The molecule has 1 aromatic rings. The van der Waals surface area contributed by atoms with Gasteiger partial charge >= 0.3 is 5.69 Å². The first-order valence-electron chi connectivity index (χ1n) is 6.18. The second-order valence-corrected chi connectivity index (χ2v) is 4.40. The molecule has 0 aliphatic carbocycles. The van der Waals surface area contributed by atoms with E-state index < -0.39 is 4.92 Å². The average Bonchev–Trinajstić information content (AvgIpc) is 2.98. The second kappa shape index (κ2) is 5.97. The summed E-state index contributed by atoms with van der Waals surface area (Å²) in [5, 5.41) is 22.3. The van der Waals surface area contributed by atoms with Crippen molar-refractivity contribution in [1.82, 2.24) is 9.88 Å². The van der Waals surface area contributed by atoms with Crippen molar-refractivity contribution in [2.75, 3.05) is 25.0 Å². The first kappa shape index (κ1) is 13.7. The molecule has 1 aliphatic heterocycles. The van der Waals surface area contributed by atoms with Gasteiger partial charge in [0.05, 0.1) is 17.0 Å². The third-order valence-corrected chi connectivity index (χ3v) is 3.06. The zero-order valence-electron chi connectivity index (χ0n) is 10.7. The molecule has 0 unspecified atom stereocenters. The summed E-state index contributed by atoms with van der Waals surface area (Å²) in [5.74, 6) is -0.107. The number of rotatable bonds is 4. The molecule has 1 aromatic heterocycles. The lowest BCUT2D eigenvalue weighted by Crippen LogP contribution is -2.33. The Kier molecular flexibility index (Phi) is 4.10. The number of carbonyl (C=O) groups excluding carboxylic acids is 1. The van der Waals surface area contributed by atoms with E-state index in [9.17, 15) is 14.9 Å². The Balaban J connectivity index is 2.07. The lowest BCUT2D eigenvalue weighted by Gasteiger charge is -2.15. The molecule has 1 amide bonds. The SMILES string of the molecule is N#Cc1cnc(NCC(=O)N2CCCC2)c([N+](=O)[O-])c1. The highest BCUT2D eigenvalue weighted by Gasteiger charge is 2.20. The van der Waals surface area contributed by atoms with Gasteiger partial charge in [-0.25, -0.2) is 4.98 Å². The number of nitro groups is 1. The van der Waals surface area contributed by atoms with Crippen molar-refractivity contribution in [3.8, 4) is 6.07 Å².